The van der Waals surface area contributed by atoms with E-state index in [1.54, 1.807) is 6.07 Å². The number of nitrogens with zero attached hydrogens (tertiary/aromatic N) is 2. The molecule has 0 spiro atoms. The van der Waals surface area contributed by atoms with Crippen LogP contribution in [0.5, 0.6) is 5.75 Å². The van der Waals surface area contributed by atoms with Gasteiger partial charge in [0.15, 0.2) is 0 Å². The SMILES string of the molecule is N#Cc1ccc(F)c(COc2cccc([N+](=O)[O-])c2)c1. The molecule has 0 aromatic heterocycles. The lowest BCUT2D eigenvalue weighted by molar-refractivity contribution is -0.384. The van der Waals surface area contributed by atoms with E-state index < -0.39 is 10.7 Å². The van der Waals surface area contributed by atoms with E-state index in [0.29, 0.717) is 5.56 Å². The fourth-order valence-corrected chi connectivity index (χ4v) is 1.60. The van der Waals surface area contributed by atoms with Crippen molar-refractivity contribution in [2.45, 2.75) is 6.61 Å². The molecule has 0 saturated heterocycles. The quantitative estimate of drug-likeness (QED) is 0.632. The molecule has 0 aliphatic heterocycles. The third-order valence-electron chi connectivity index (χ3n) is 2.60. The Bertz CT molecular complexity index is 695. The first kappa shape index (κ1) is 13.5. The molecule has 6 heteroatoms. The number of nitro benzene ring substituents is 1. The Hall–Kier alpha value is -2.94. The molecule has 5 nitrogen and oxygen atoms in total. The smallest absolute Gasteiger partial charge is 0.273 e. The highest BCUT2D eigenvalue weighted by Crippen LogP contribution is 2.21. The molecule has 0 N–H and O–H groups in total. The minimum Gasteiger partial charge on any atom is -0.489 e. The summed E-state index contributed by atoms with van der Waals surface area (Å²) in [5, 5.41) is 19.4. The van der Waals surface area contributed by atoms with Gasteiger partial charge in [0.2, 0.25) is 0 Å². The number of hydrogen-bond donors (Lipinski definition) is 0. The second-order valence-electron chi connectivity index (χ2n) is 3.96. The third-order valence-corrected chi connectivity index (χ3v) is 2.60. The van der Waals surface area contributed by atoms with E-state index in [4.69, 9.17) is 10.00 Å². The van der Waals surface area contributed by atoms with Crippen LogP contribution in [0.15, 0.2) is 42.5 Å². The van der Waals surface area contributed by atoms with Gasteiger partial charge in [0, 0.05) is 11.6 Å². The van der Waals surface area contributed by atoms with Crippen LogP contribution in [0.25, 0.3) is 0 Å². The number of non-ortho nitro benzene ring substituents is 1. The average molecular weight is 272 g/mol. The van der Waals surface area contributed by atoms with Crippen LogP contribution in [0.1, 0.15) is 11.1 Å². The summed E-state index contributed by atoms with van der Waals surface area (Å²) in [6.45, 7) is -0.109. The van der Waals surface area contributed by atoms with Gasteiger partial charge < -0.3 is 4.74 Å². The van der Waals surface area contributed by atoms with Crippen molar-refractivity contribution in [1.82, 2.24) is 0 Å². The van der Waals surface area contributed by atoms with Crippen molar-refractivity contribution in [3.63, 3.8) is 0 Å². The normalized spacial score (nSPS) is 9.80. The zero-order chi connectivity index (χ0) is 14.5. The van der Waals surface area contributed by atoms with E-state index in [1.807, 2.05) is 6.07 Å². The molecule has 0 unspecified atom stereocenters. The maximum absolute atomic E-state index is 13.5. The van der Waals surface area contributed by atoms with Crippen molar-refractivity contribution in [3.05, 3.63) is 69.5 Å². The summed E-state index contributed by atoms with van der Waals surface area (Å²) in [6, 6.07) is 11.5. The highest BCUT2D eigenvalue weighted by atomic mass is 19.1. The van der Waals surface area contributed by atoms with Crippen LogP contribution in [-0.2, 0) is 6.61 Å². The van der Waals surface area contributed by atoms with Crippen LogP contribution in [0, 0.1) is 27.3 Å². The molecule has 0 saturated carbocycles. The topological polar surface area (TPSA) is 76.2 Å². The summed E-state index contributed by atoms with van der Waals surface area (Å²) < 4.78 is 18.8. The predicted molar refractivity (Wildman–Crippen MR) is 68.5 cm³/mol. The Labute approximate surface area is 114 Å². The summed E-state index contributed by atoms with van der Waals surface area (Å²) in [7, 11) is 0. The fourth-order valence-electron chi connectivity index (χ4n) is 1.60. The molecule has 0 atom stereocenters. The summed E-state index contributed by atoms with van der Waals surface area (Å²) in [5.74, 6) is -0.226. The van der Waals surface area contributed by atoms with Gasteiger partial charge in [-0.25, -0.2) is 4.39 Å². The van der Waals surface area contributed by atoms with Crippen LogP contribution in [-0.4, -0.2) is 4.92 Å². The van der Waals surface area contributed by atoms with Crippen molar-refractivity contribution in [3.8, 4) is 11.8 Å². The number of nitriles is 1. The van der Waals surface area contributed by atoms with E-state index >= 15 is 0 Å². The van der Waals surface area contributed by atoms with E-state index in [2.05, 4.69) is 0 Å². The number of rotatable bonds is 4. The highest BCUT2D eigenvalue weighted by molar-refractivity contribution is 5.38. The van der Waals surface area contributed by atoms with Gasteiger partial charge in [0.25, 0.3) is 5.69 Å². The van der Waals surface area contributed by atoms with E-state index in [9.17, 15) is 14.5 Å². The molecule has 20 heavy (non-hydrogen) atoms. The van der Waals surface area contributed by atoms with Gasteiger partial charge in [-0.2, -0.15) is 5.26 Å². The lowest BCUT2D eigenvalue weighted by Crippen LogP contribution is -1.99. The molecular weight excluding hydrogens is 263 g/mol. The van der Waals surface area contributed by atoms with Crippen molar-refractivity contribution < 1.29 is 14.1 Å². The Morgan fingerprint density at radius 3 is 2.80 bits per heavy atom. The second kappa shape index (κ2) is 5.80. The molecule has 2 rings (SSSR count). The maximum atomic E-state index is 13.5. The van der Waals surface area contributed by atoms with Crippen LogP contribution < -0.4 is 4.74 Å². The summed E-state index contributed by atoms with van der Waals surface area (Å²) in [6.07, 6.45) is 0. The van der Waals surface area contributed by atoms with E-state index in [1.165, 1.54) is 36.4 Å². The number of ether oxygens (including phenoxy) is 1. The highest BCUT2D eigenvalue weighted by Gasteiger charge is 2.08. The van der Waals surface area contributed by atoms with Gasteiger partial charge in [-0.15, -0.1) is 0 Å². The summed E-state index contributed by atoms with van der Waals surface area (Å²) >= 11 is 0. The first-order valence-corrected chi connectivity index (χ1v) is 5.66. The van der Waals surface area contributed by atoms with Gasteiger partial charge in [-0.05, 0) is 24.3 Å². The molecule has 0 amide bonds. The molecule has 0 radical (unpaired) electrons. The number of halogens is 1. The molecule has 0 heterocycles. The van der Waals surface area contributed by atoms with Crippen LogP contribution in [0.3, 0.4) is 0 Å². The average Bonchev–Trinajstić information content (AvgIpc) is 2.46. The Kier molecular flexibility index (Phi) is 3.91. The lowest BCUT2D eigenvalue weighted by Gasteiger charge is -2.07. The van der Waals surface area contributed by atoms with Crippen molar-refractivity contribution in [2.75, 3.05) is 0 Å². The molecule has 0 bridgehead atoms. The molecule has 0 aliphatic rings. The van der Waals surface area contributed by atoms with Gasteiger partial charge in [-0.3, -0.25) is 10.1 Å². The monoisotopic (exact) mass is 272 g/mol. The molecular formula is C14H9FN2O3. The first-order valence-electron chi connectivity index (χ1n) is 5.66. The van der Waals surface area contributed by atoms with Crippen molar-refractivity contribution in [2.24, 2.45) is 0 Å². The van der Waals surface area contributed by atoms with Crippen LogP contribution >= 0.6 is 0 Å². The Morgan fingerprint density at radius 2 is 2.10 bits per heavy atom. The number of benzene rings is 2. The summed E-state index contributed by atoms with van der Waals surface area (Å²) in [4.78, 5) is 10.1. The van der Waals surface area contributed by atoms with Gasteiger partial charge in [0.1, 0.15) is 18.2 Å². The van der Waals surface area contributed by atoms with Crippen molar-refractivity contribution in [1.29, 1.82) is 5.26 Å². The van der Waals surface area contributed by atoms with Gasteiger partial charge >= 0.3 is 0 Å². The van der Waals surface area contributed by atoms with Gasteiger partial charge in [0.05, 0.1) is 22.6 Å². The largest absolute Gasteiger partial charge is 0.489 e. The van der Waals surface area contributed by atoms with Crippen LogP contribution in [0.4, 0.5) is 10.1 Å². The minimum absolute atomic E-state index is 0.103. The maximum Gasteiger partial charge on any atom is 0.273 e. The fraction of sp³-hybridized carbons (Fsp3) is 0.0714. The standard InChI is InChI=1S/C14H9FN2O3/c15-14-5-4-10(8-16)6-11(14)9-20-13-3-1-2-12(7-13)17(18)19/h1-7H,9H2. The minimum atomic E-state index is -0.538. The molecule has 0 fully saturated rings. The molecule has 0 aliphatic carbocycles. The molecule has 2 aromatic rings. The lowest BCUT2D eigenvalue weighted by atomic mass is 10.1. The van der Waals surface area contributed by atoms with Crippen molar-refractivity contribution >= 4 is 5.69 Å². The summed E-state index contributed by atoms with van der Waals surface area (Å²) in [5.41, 5.74) is 0.438. The zero-order valence-electron chi connectivity index (χ0n) is 10.2. The number of hydrogen-bond acceptors (Lipinski definition) is 4. The van der Waals surface area contributed by atoms with E-state index in [-0.39, 0.29) is 23.6 Å². The van der Waals surface area contributed by atoms with Crippen LogP contribution in [0.2, 0.25) is 0 Å². The zero-order valence-corrected chi connectivity index (χ0v) is 10.2. The predicted octanol–water partition coefficient (Wildman–Crippen LogP) is 3.18. The molecule has 100 valence electrons. The van der Waals surface area contributed by atoms with Gasteiger partial charge in [-0.1, -0.05) is 6.07 Å². The van der Waals surface area contributed by atoms with E-state index in [0.717, 1.165) is 0 Å². The Balaban J connectivity index is 2.15. The Morgan fingerprint density at radius 1 is 1.30 bits per heavy atom. The third kappa shape index (κ3) is 3.09. The first-order chi connectivity index (χ1) is 9.60. The number of nitro groups is 1. The molecule has 2 aromatic carbocycles. The second-order valence-corrected chi connectivity index (χ2v) is 3.96.